The van der Waals surface area contributed by atoms with E-state index < -0.39 is 29.8 Å². The number of hydrogen-bond donors (Lipinski definition) is 3. The highest BCUT2D eigenvalue weighted by Gasteiger charge is 2.47. The fraction of sp³-hybridized carbons (Fsp3) is 0.250. The Labute approximate surface area is 166 Å². The molecule has 0 aromatic heterocycles. The van der Waals surface area contributed by atoms with Gasteiger partial charge in [-0.05, 0) is 30.5 Å². The van der Waals surface area contributed by atoms with Crippen molar-refractivity contribution in [2.24, 2.45) is 0 Å². The van der Waals surface area contributed by atoms with E-state index in [4.69, 9.17) is 16.3 Å². The number of carbonyl (C=O) groups excluding carboxylic acids is 1. The minimum absolute atomic E-state index is 0.189. The highest BCUT2D eigenvalue weighted by molar-refractivity contribution is 6.62. The lowest BCUT2D eigenvalue weighted by Crippen LogP contribution is -2.43. The molecular weight excluding hydrogens is 385 g/mol. The third kappa shape index (κ3) is 2.95. The van der Waals surface area contributed by atoms with Gasteiger partial charge in [0.25, 0.3) is 0 Å². The normalized spacial score (nSPS) is 21.1. The van der Waals surface area contributed by atoms with Crippen molar-refractivity contribution in [3.63, 3.8) is 0 Å². The zero-order valence-corrected chi connectivity index (χ0v) is 15.5. The van der Waals surface area contributed by atoms with E-state index in [0.717, 1.165) is 6.07 Å². The fourth-order valence-electron chi connectivity index (χ4n) is 3.95. The zero-order chi connectivity index (χ0) is 20.1. The quantitative estimate of drug-likeness (QED) is 0.680. The van der Waals surface area contributed by atoms with Crippen LogP contribution in [0.1, 0.15) is 29.5 Å². The maximum atomic E-state index is 14.3. The van der Waals surface area contributed by atoms with Crippen molar-refractivity contribution < 1.29 is 29.1 Å². The Kier molecular flexibility index (Phi) is 4.79. The molecule has 1 aliphatic heterocycles. The SMILES string of the molecule is O=C1C2=C(OCCC2)c2ccccc2C1(O)Cc1cc(F)c(B(O)O)c(Cl)c1. The molecule has 4 rings (SSSR count). The summed E-state index contributed by atoms with van der Waals surface area (Å²) in [5, 5.41) is 29.8. The Hall–Kier alpha value is -2.19. The summed E-state index contributed by atoms with van der Waals surface area (Å²) in [4.78, 5) is 13.2. The number of ketones is 1. The van der Waals surface area contributed by atoms with Crippen LogP contribution in [-0.4, -0.2) is 34.7 Å². The Morgan fingerprint density at radius 3 is 2.71 bits per heavy atom. The maximum Gasteiger partial charge on any atom is 0.492 e. The molecule has 28 heavy (non-hydrogen) atoms. The molecule has 0 saturated carbocycles. The standard InChI is InChI=1S/C20H17BClFO5/c22-15-8-11(9-16(23)17(15)21(26)27)10-20(25)14-6-2-1-4-12(14)18-13(19(20)24)5-3-7-28-18/h1-2,4,6,8-9,25-27H,3,5,7,10H2. The third-order valence-corrected chi connectivity index (χ3v) is 5.53. The van der Waals surface area contributed by atoms with Crippen LogP contribution < -0.4 is 5.46 Å². The molecule has 0 bridgehead atoms. The number of rotatable bonds is 3. The van der Waals surface area contributed by atoms with Crippen LogP contribution in [0, 0.1) is 5.82 Å². The minimum Gasteiger partial charge on any atom is -0.493 e. The second-order valence-electron chi connectivity index (χ2n) is 7.02. The number of Topliss-reactive ketones (excluding diaryl/α,β-unsaturated/α-hetero) is 1. The Morgan fingerprint density at radius 1 is 1.25 bits per heavy atom. The second kappa shape index (κ2) is 7.01. The maximum absolute atomic E-state index is 14.3. The van der Waals surface area contributed by atoms with Crippen LogP contribution in [0.5, 0.6) is 0 Å². The van der Waals surface area contributed by atoms with Crippen molar-refractivity contribution in [1.29, 1.82) is 0 Å². The van der Waals surface area contributed by atoms with Gasteiger partial charge in [0, 0.05) is 33.6 Å². The molecule has 0 fully saturated rings. The van der Waals surface area contributed by atoms with Crippen molar-refractivity contribution in [2.45, 2.75) is 24.9 Å². The second-order valence-corrected chi connectivity index (χ2v) is 7.43. The monoisotopic (exact) mass is 402 g/mol. The van der Waals surface area contributed by atoms with Crippen LogP contribution >= 0.6 is 11.6 Å². The molecule has 2 aromatic rings. The van der Waals surface area contributed by atoms with Crippen LogP contribution in [0.4, 0.5) is 4.39 Å². The van der Waals surface area contributed by atoms with E-state index in [0.29, 0.717) is 41.9 Å². The fourth-order valence-corrected chi connectivity index (χ4v) is 4.28. The number of halogens is 2. The van der Waals surface area contributed by atoms with Crippen LogP contribution in [0.25, 0.3) is 5.76 Å². The van der Waals surface area contributed by atoms with Crippen molar-refractivity contribution >= 4 is 35.7 Å². The van der Waals surface area contributed by atoms with Crippen LogP contribution in [0.3, 0.4) is 0 Å². The van der Waals surface area contributed by atoms with E-state index in [2.05, 4.69) is 0 Å². The van der Waals surface area contributed by atoms with Crippen LogP contribution in [-0.2, 0) is 21.6 Å². The van der Waals surface area contributed by atoms with E-state index in [1.165, 1.54) is 6.07 Å². The number of fused-ring (bicyclic) bond motifs is 2. The molecule has 5 nitrogen and oxygen atoms in total. The number of benzene rings is 2. The Bertz CT molecular complexity index is 983. The first-order chi connectivity index (χ1) is 13.3. The molecule has 0 saturated heterocycles. The lowest BCUT2D eigenvalue weighted by Gasteiger charge is -2.37. The highest BCUT2D eigenvalue weighted by atomic mass is 35.5. The topological polar surface area (TPSA) is 87.0 Å². The molecule has 0 spiro atoms. The van der Waals surface area contributed by atoms with Gasteiger partial charge in [-0.15, -0.1) is 0 Å². The number of carbonyl (C=O) groups is 1. The third-order valence-electron chi connectivity index (χ3n) is 5.22. The summed E-state index contributed by atoms with van der Waals surface area (Å²) in [6.45, 7) is 0.505. The van der Waals surface area contributed by atoms with Gasteiger partial charge in [-0.3, -0.25) is 4.79 Å². The molecule has 0 amide bonds. The predicted molar refractivity (Wildman–Crippen MR) is 102 cm³/mol. The molecular formula is C20H17BClFO5. The molecule has 1 atom stereocenters. The molecule has 8 heteroatoms. The molecule has 3 N–H and O–H groups in total. The van der Waals surface area contributed by atoms with E-state index in [9.17, 15) is 24.3 Å². The van der Waals surface area contributed by atoms with Gasteiger partial charge in [-0.2, -0.15) is 0 Å². The smallest absolute Gasteiger partial charge is 0.492 e. The average Bonchev–Trinajstić information content (AvgIpc) is 2.65. The summed E-state index contributed by atoms with van der Waals surface area (Å²) in [5.74, 6) is -0.887. The molecule has 1 heterocycles. The first-order valence-corrected chi connectivity index (χ1v) is 9.27. The summed E-state index contributed by atoms with van der Waals surface area (Å²) in [7, 11) is -2.06. The van der Waals surface area contributed by atoms with Gasteiger partial charge in [0.2, 0.25) is 0 Å². The van der Waals surface area contributed by atoms with Gasteiger partial charge in [0.05, 0.1) is 6.61 Å². The van der Waals surface area contributed by atoms with Gasteiger partial charge in [0.15, 0.2) is 11.4 Å². The van der Waals surface area contributed by atoms with Crippen molar-refractivity contribution in [1.82, 2.24) is 0 Å². The lowest BCUT2D eigenvalue weighted by molar-refractivity contribution is -0.135. The van der Waals surface area contributed by atoms with Gasteiger partial charge in [-0.25, -0.2) is 4.39 Å². The Balaban J connectivity index is 1.82. The van der Waals surface area contributed by atoms with Crippen LogP contribution in [0.15, 0.2) is 42.0 Å². The molecule has 0 radical (unpaired) electrons. The largest absolute Gasteiger partial charge is 0.493 e. The average molecular weight is 403 g/mol. The zero-order valence-electron chi connectivity index (χ0n) is 14.8. The van der Waals surface area contributed by atoms with Crippen LogP contribution in [0.2, 0.25) is 5.02 Å². The van der Waals surface area contributed by atoms with E-state index in [1.54, 1.807) is 24.3 Å². The van der Waals surface area contributed by atoms with Crippen molar-refractivity contribution in [2.75, 3.05) is 6.61 Å². The summed E-state index contributed by atoms with van der Waals surface area (Å²) in [6, 6.07) is 9.32. The minimum atomic E-state index is -2.06. The molecule has 1 unspecified atom stereocenters. The highest BCUT2D eigenvalue weighted by Crippen LogP contribution is 2.44. The molecule has 2 aromatic carbocycles. The number of hydrogen-bond acceptors (Lipinski definition) is 5. The van der Waals surface area contributed by atoms with Crippen molar-refractivity contribution in [3.8, 4) is 0 Å². The number of aliphatic hydroxyl groups is 1. The van der Waals surface area contributed by atoms with Gasteiger partial charge in [-0.1, -0.05) is 35.9 Å². The molecule has 144 valence electrons. The summed E-state index contributed by atoms with van der Waals surface area (Å²) < 4.78 is 20.0. The molecule has 1 aliphatic carbocycles. The summed E-state index contributed by atoms with van der Waals surface area (Å²) in [5.41, 5.74) is -0.611. The first kappa shape index (κ1) is 19.1. The van der Waals surface area contributed by atoms with Gasteiger partial charge in [0.1, 0.15) is 11.6 Å². The first-order valence-electron chi connectivity index (χ1n) is 8.90. The van der Waals surface area contributed by atoms with E-state index in [-0.39, 0.29) is 17.0 Å². The predicted octanol–water partition coefficient (Wildman–Crippen LogP) is 1.69. The van der Waals surface area contributed by atoms with E-state index in [1.807, 2.05) is 0 Å². The Morgan fingerprint density at radius 2 is 2.00 bits per heavy atom. The lowest BCUT2D eigenvalue weighted by atomic mass is 9.72. The molecule has 2 aliphatic rings. The van der Waals surface area contributed by atoms with Gasteiger partial charge >= 0.3 is 7.12 Å². The number of ether oxygens (including phenoxy) is 1. The van der Waals surface area contributed by atoms with Gasteiger partial charge < -0.3 is 19.9 Å². The summed E-state index contributed by atoms with van der Waals surface area (Å²) >= 11 is 5.98. The van der Waals surface area contributed by atoms with E-state index >= 15 is 0 Å². The summed E-state index contributed by atoms with van der Waals surface area (Å²) in [6.07, 6.45) is 0.958. The van der Waals surface area contributed by atoms with Crippen molar-refractivity contribution in [3.05, 3.63) is 69.5 Å².